The van der Waals surface area contributed by atoms with E-state index in [0.29, 0.717) is 19.7 Å². The van der Waals surface area contributed by atoms with Crippen LogP contribution in [0.15, 0.2) is 12.2 Å². The summed E-state index contributed by atoms with van der Waals surface area (Å²) in [5.74, 6) is -1.52. The molecule has 108 valence electrons. The van der Waals surface area contributed by atoms with Gasteiger partial charge in [-0.25, -0.2) is 9.59 Å². The summed E-state index contributed by atoms with van der Waals surface area (Å²) in [7, 11) is 1.22. The summed E-state index contributed by atoms with van der Waals surface area (Å²) in [6.07, 6.45) is 1.98. The van der Waals surface area contributed by atoms with E-state index in [1.54, 1.807) is 0 Å². The average molecular weight is 294 g/mol. The predicted molar refractivity (Wildman–Crippen MR) is 66.8 cm³/mol. The quantitative estimate of drug-likeness (QED) is 0.385. The van der Waals surface area contributed by atoms with Crippen molar-refractivity contribution in [1.82, 2.24) is 4.90 Å². The fourth-order valence-corrected chi connectivity index (χ4v) is 1.31. The number of cyclic esters (lactones) is 1. The summed E-state index contributed by atoms with van der Waals surface area (Å²) in [5.41, 5.74) is 0. The van der Waals surface area contributed by atoms with Crippen LogP contribution in [0.2, 0.25) is 0 Å². The van der Waals surface area contributed by atoms with Crippen LogP contribution < -0.4 is 0 Å². The molecule has 19 heavy (non-hydrogen) atoms. The molecule has 1 aliphatic heterocycles. The standard InChI is InChI=1S/C11H15NO6.ClH/c1-16-9(13)2-3-10(14)17-6-4-12-5-7-18-11(15)8-12;/h2-3H,4-8H2,1H3;1H. The molecule has 1 saturated heterocycles. The van der Waals surface area contributed by atoms with E-state index >= 15 is 0 Å². The third kappa shape index (κ3) is 7.43. The highest BCUT2D eigenvalue weighted by Crippen LogP contribution is 1.97. The van der Waals surface area contributed by atoms with Gasteiger partial charge in [0.15, 0.2) is 0 Å². The number of carbonyl (C=O) groups excluding carboxylic acids is 3. The average Bonchev–Trinajstić information content (AvgIpc) is 2.36. The van der Waals surface area contributed by atoms with E-state index in [9.17, 15) is 14.4 Å². The van der Waals surface area contributed by atoms with Crippen molar-refractivity contribution in [2.75, 3.05) is 40.0 Å². The molecular formula is C11H16ClNO6. The Morgan fingerprint density at radius 3 is 2.68 bits per heavy atom. The zero-order valence-electron chi connectivity index (χ0n) is 10.5. The van der Waals surface area contributed by atoms with Crippen molar-refractivity contribution in [2.24, 2.45) is 0 Å². The summed E-state index contributed by atoms with van der Waals surface area (Å²) in [6.45, 7) is 1.79. The van der Waals surface area contributed by atoms with E-state index in [2.05, 4.69) is 4.74 Å². The molecule has 1 heterocycles. The number of rotatable bonds is 5. The van der Waals surface area contributed by atoms with E-state index < -0.39 is 11.9 Å². The Hall–Kier alpha value is -1.60. The first-order valence-electron chi connectivity index (χ1n) is 5.42. The van der Waals surface area contributed by atoms with Gasteiger partial charge in [-0.3, -0.25) is 9.69 Å². The molecule has 0 bridgehead atoms. The number of hydrogen-bond donors (Lipinski definition) is 0. The van der Waals surface area contributed by atoms with Crippen molar-refractivity contribution in [1.29, 1.82) is 0 Å². The van der Waals surface area contributed by atoms with Crippen LogP contribution >= 0.6 is 12.4 Å². The molecule has 0 aromatic rings. The molecule has 0 aromatic heterocycles. The number of methoxy groups -OCH3 is 1. The van der Waals surface area contributed by atoms with Gasteiger partial charge in [0.05, 0.1) is 13.7 Å². The Kier molecular flexibility index (Phi) is 8.56. The van der Waals surface area contributed by atoms with Gasteiger partial charge in [-0.05, 0) is 0 Å². The predicted octanol–water partition coefficient (Wildman–Crippen LogP) is -0.461. The second kappa shape index (κ2) is 9.35. The second-order valence-electron chi connectivity index (χ2n) is 3.52. The molecule has 0 spiro atoms. The van der Waals surface area contributed by atoms with Crippen LogP contribution in [-0.2, 0) is 28.6 Å². The number of carbonyl (C=O) groups is 3. The normalized spacial score (nSPS) is 15.5. The van der Waals surface area contributed by atoms with Crippen LogP contribution in [0.3, 0.4) is 0 Å². The molecule has 1 rings (SSSR count). The van der Waals surface area contributed by atoms with Gasteiger partial charge < -0.3 is 14.2 Å². The van der Waals surface area contributed by atoms with Crippen LogP contribution in [0, 0.1) is 0 Å². The Labute approximate surface area is 116 Å². The van der Waals surface area contributed by atoms with Crippen molar-refractivity contribution in [2.45, 2.75) is 0 Å². The topological polar surface area (TPSA) is 82.1 Å². The Balaban J connectivity index is 0.00000324. The van der Waals surface area contributed by atoms with Crippen molar-refractivity contribution in [3.63, 3.8) is 0 Å². The monoisotopic (exact) mass is 293 g/mol. The highest BCUT2D eigenvalue weighted by molar-refractivity contribution is 5.91. The highest BCUT2D eigenvalue weighted by atomic mass is 35.5. The maximum Gasteiger partial charge on any atom is 0.331 e. The molecule has 0 saturated carbocycles. The van der Waals surface area contributed by atoms with E-state index in [0.717, 1.165) is 12.2 Å². The summed E-state index contributed by atoms with van der Waals surface area (Å²) in [4.78, 5) is 34.6. The van der Waals surface area contributed by atoms with Crippen molar-refractivity contribution in [3.8, 4) is 0 Å². The Morgan fingerprint density at radius 1 is 1.37 bits per heavy atom. The van der Waals surface area contributed by atoms with Crippen LogP contribution in [0.5, 0.6) is 0 Å². The van der Waals surface area contributed by atoms with Gasteiger partial charge in [0.25, 0.3) is 0 Å². The molecule has 0 aliphatic carbocycles. The summed E-state index contributed by atoms with van der Waals surface area (Å²) >= 11 is 0. The molecule has 8 heteroatoms. The minimum atomic E-state index is -0.625. The minimum absolute atomic E-state index is 0. The molecule has 0 atom stereocenters. The number of nitrogens with zero attached hydrogens (tertiary/aromatic N) is 1. The second-order valence-corrected chi connectivity index (χ2v) is 3.52. The van der Waals surface area contributed by atoms with Crippen LogP contribution in [0.4, 0.5) is 0 Å². The molecule has 0 aromatic carbocycles. The van der Waals surface area contributed by atoms with Gasteiger partial charge in [-0.2, -0.15) is 0 Å². The van der Waals surface area contributed by atoms with E-state index in [4.69, 9.17) is 9.47 Å². The fourth-order valence-electron chi connectivity index (χ4n) is 1.31. The molecule has 1 fully saturated rings. The smallest absolute Gasteiger partial charge is 0.331 e. The molecule has 0 N–H and O–H groups in total. The minimum Gasteiger partial charge on any atom is -0.466 e. The first kappa shape index (κ1) is 17.4. The third-order valence-corrected chi connectivity index (χ3v) is 2.23. The lowest BCUT2D eigenvalue weighted by atomic mass is 10.4. The summed E-state index contributed by atoms with van der Waals surface area (Å²) < 4.78 is 13.9. The van der Waals surface area contributed by atoms with Gasteiger partial charge in [-0.15, -0.1) is 12.4 Å². The molecule has 0 amide bonds. The zero-order valence-corrected chi connectivity index (χ0v) is 11.3. The van der Waals surface area contributed by atoms with E-state index in [-0.39, 0.29) is 31.5 Å². The molecular weight excluding hydrogens is 278 g/mol. The largest absolute Gasteiger partial charge is 0.466 e. The van der Waals surface area contributed by atoms with Crippen molar-refractivity contribution >= 4 is 30.3 Å². The third-order valence-electron chi connectivity index (χ3n) is 2.23. The molecule has 7 nitrogen and oxygen atoms in total. The maximum absolute atomic E-state index is 11.1. The van der Waals surface area contributed by atoms with Crippen LogP contribution in [-0.4, -0.2) is 62.8 Å². The van der Waals surface area contributed by atoms with Gasteiger partial charge in [0, 0.05) is 25.2 Å². The van der Waals surface area contributed by atoms with Gasteiger partial charge in [-0.1, -0.05) is 0 Å². The van der Waals surface area contributed by atoms with Crippen molar-refractivity contribution in [3.05, 3.63) is 12.2 Å². The lowest BCUT2D eigenvalue weighted by molar-refractivity contribution is -0.151. The van der Waals surface area contributed by atoms with Gasteiger partial charge in [0.1, 0.15) is 13.2 Å². The number of halogens is 1. The Morgan fingerprint density at radius 2 is 2.05 bits per heavy atom. The SMILES string of the molecule is COC(=O)C=CC(=O)OCCN1CCOC(=O)C1.Cl. The fraction of sp³-hybridized carbons (Fsp3) is 0.545. The maximum atomic E-state index is 11.1. The lowest BCUT2D eigenvalue weighted by Crippen LogP contribution is -2.41. The number of morpholine rings is 1. The van der Waals surface area contributed by atoms with Gasteiger partial charge in [0.2, 0.25) is 0 Å². The summed E-state index contributed by atoms with van der Waals surface area (Å²) in [6, 6.07) is 0. The Bertz CT molecular complexity index is 357. The zero-order chi connectivity index (χ0) is 13.4. The van der Waals surface area contributed by atoms with E-state index in [1.165, 1.54) is 7.11 Å². The number of ether oxygens (including phenoxy) is 3. The van der Waals surface area contributed by atoms with E-state index in [1.807, 2.05) is 4.90 Å². The highest BCUT2D eigenvalue weighted by Gasteiger charge is 2.17. The molecule has 1 aliphatic rings. The van der Waals surface area contributed by atoms with Crippen molar-refractivity contribution < 1.29 is 28.6 Å². The first-order chi connectivity index (χ1) is 8.61. The van der Waals surface area contributed by atoms with Crippen LogP contribution in [0.1, 0.15) is 0 Å². The lowest BCUT2D eigenvalue weighted by Gasteiger charge is -2.24. The van der Waals surface area contributed by atoms with Crippen LogP contribution in [0.25, 0.3) is 0 Å². The molecule has 0 unspecified atom stereocenters. The molecule has 0 radical (unpaired) electrons. The van der Waals surface area contributed by atoms with Gasteiger partial charge >= 0.3 is 17.9 Å². The number of esters is 3. The summed E-state index contributed by atoms with van der Waals surface area (Å²) in [5, 5.41) is 0. The first-order valence-corrected chi connectivity index (χ1v) is 5.42. The number of hydrogen-bond acceptors (Lipinski definition) is 7.